The van der Waals surface area contributed by atoms with Gasteiger partial charge in [-0.15, -0.1) is 0 Å². The number of benzene rings is 1. The Labute approximate surface area is 164 Å². The zero-order valence-corrected chi connectivity index (χ0v) is 16.9. The summed E-state index contributed by atoms with van der Waals surface area (Å²) in [4.78, 5) is 19.4. The van der Waals surface area contributed by atoms with Crippen LogP contribution in [0.3, 0.4) is 0 Å². The number of piperidine rings is 1. The molecule has 0 aliphatic carbocycles. The van der Waals surface area contributed by atoms with Gasteiger partial charge in [0.15, 0.2) is 0 Å². The standard InChI is InChI=1S/C20H27FN4OS/c1-13(2)14(3)22-19(26)16-5-4-10-25(12-16)20-23-18(24-27-20)11-15-6-8-17(21)9-7-15/h6-9,13-14,16H,4-5,10-12H2,1-3H3,(H,22,26)/t14-,16-/m1/s1. The van der Waals surface area contributed by atoms with Crippen LogP contribution in [0.25, 0.3) is 0 Å². The molecule has 2 atom stereocenters. The predicted octanol–water partition coefficient (Wildman–Crippen LogP) is 3.65. The van der Waals surface area contributed by atoms with Gasteiger partial charge in [0.1, 0.15) is 11.6 Å². The number of nitrogens with one attached hydrogen (secondary N) is 1. The molecular formula is C20H27FN4OS. The van der Waals surface area contributed by atoms with Crippen molar-refractivity contribution in [2.75, 3.05) is 18.0 Å². The maximum atomic E-state index is 13.0. The Morgan fingerprint density at radius 3 is 2.78 bits per heavy atom. The first kappa shape index (κ1) is 19.7. The van der Waals surface area contributed by atoms with Gasteiger partial charge in [0.2, 0.25) is 11.0 Å². The summed E-state index contributed by atoms with van der Waals surface area (Å²) in [5, 5.41) is 4.00. The van der Waals surface area contributed by atoms with E-state index in [1.165, 1.54) is 23.7 Å². The van der Waals surface area contributed by atoms with Crippen molar-refractivity contribution in [3.05, 3.63) is 41.5 Å². The second kappa shape index (κ2) is 8.78. The highest BCUT2D eigenvalue weighted by Gasteiger charge is 2.28. The van der Waals surface area contributed by atoms with E-state index >= 15 is 0 Å². The van der Waals surface area contributed by atoms with Crippen LogP contribution in [-0.4, -0.2) is 34.4 Å². The molecule has 1 fully saturated rings. The van der Waals surface area contributed by atoms with Crippen LogP contribution in [0.2, 0.25) is 0 Å². The molecule has 1 saturated heterocycles. The Morgan fingerprint density at radius 2 is 2.07 bits per heavy atom. The van der Waals surface area contributed by atoms with Crippen molar-refractivity contribution in [2.24, 2.45) is 11.8 Å². The molecular weight excluding hydrogens is 363 g/mol. The van der Waals surface area contributed by atoms with Crippen LogP contribution in [0.5, 0.6) is 0 Å². The Balaban J connectivity index is 1.60. The van der Waals surface area contributed by atoms with E-state index in [4.69, 9.17) is 0 Å². The molecule has 2 aromatic rings. The third-order valence-electron chi connectivity index (χ3n) is 5.17. The van der Waals surface area contributed by atoms with Gasteiger partial charge in [0.25, 0.3) is 0 Å². The van der Waals surface area contributed by atoms with Gasteiger partial charge < -0.3 is 10.2 Å². The monoisotopic (exact) mass is 390 g/mol. The topological polar surface area (TPSA) is 58.1 Å². The summed E-state index contributed by atoms with van der Waals surface area (Å²) in [5.41, 5.74) is 0.985. The molecule has 0 unspecified atom stereocenters. The predicted molar refractivity (Wildman–Crippen MR) is 106 cm³/mol. The van der Waals surface area contributed by atoms with E-state index in [1.807, 2.05) is 0 Å². The third kappa shape index (κ3) is 5.25. The van der Waals surface area contributed by atoms with Crippen molar-refractivity contribution < 1.29 is 9.18 Å². The molecule has 146 valence electrons. The van der Waals surface area contributed by atoms with Gasteiger partial charge in [0.05, 0.1) is 5.92 Å². The number of halogens is 1. The first-order valence-electron chi connectivity index (χ1n) is 9.54. The largest absolute Gasteiger partial charge is 0.353 e. The molecule has 7 heteroatoms. The number of anilines is 1. The molecule has 1 aromatic heterocycles. The number of aromatic nitrogens is 2. The summed E-state index contributed by atoms with van der Waals surface area (Å²) in [7, 11) is 0. The van der Waals surface area contributed by atoms with E-state index in [2.05, 4.69) is 40.3 Å². The van der Waals surface area contributed by atoms with Crippen molar-refractivity contribution in [1.29, 1.82) is 0 Å². The quantitative estimate of drug-likeness (QED) is 0.818. The van der Waals surface area contributed by atoms with Gasteiger partial charge in [0, 0.05) is 37.1 Å². The molecule has 0 bridgehead atoms. The molecule has 0 spiro atoms. The molecule has 1 aromatic carbocycles. The Morgan fingerprint density at radius 1 is 1.33 bits per heavy atom. The van der Waals surface area contributed by atoms with E-state index in [-0.39, 0.29) is 23.7 Å². The normalized spacial score (nSPS) is 18.6. The molecule has 5 nitrogen and oxygen atoms in total. The highest BCUT2D eigenvalue weighted by Crippen LogP contribution is 2.25. The van der Waals surface area contributed by atoms with Crippen molar-refractivity contribution in [1.82, 2.24) is 14.7 Å². The molecule has 1 aliphatic rings. The fraction of sp³-hybridized carbons (Fsp3) is 0.550. The minimum Gasteiger partial charge on any atom is -0.353 e. The van der Waals surface area contributed by atoms with Crippen LogP contribution >= 0.6 is 11.5 Å². The highest BCUT2D eigenvalue weighted by molar-refractivity contribution is 7.09. The highest BCUT2D eigenvalue weighted by atomic mass is 32.1. The Hall–Kier alpha value is -2.02. The van der Waals surface area contributed by atoms with Gasteiger partial charge in [-0.3, -0.25) is 4.79 Å². The lowest BCUT2D eigenvalue weighted by atomic mass is 9.96. The number of nitrogens with zero attached hydrogens (tertiary/aromatic N) is 3. The fourth-order valence-corrected chi connectivity index (χ4v) is 3.82. The number of hydrogen-bond donors (Lipinski definition) is 1. The van der Waals surface area contributed by atoms with Crippen LogP contribution in [0, 0.1) is 17.7 Å². The zero-order chi connectivity index (χ0) is 19.4. The fourth-order valence-electron chi connectivity index (χ4n) is 3.10. The van der Waals surface area contributed by atoms with Gasteiger partial charge in [-0.2, -0.15) is 4.37 Å². The molecule has 0 radical (unpaired) electrons. The average Bonchev–Trinajstić information content (AvgIpc) is 3.12. The summed E-state index contributed by atoms with van der Waals surface area (Å²) < 4.78 is 17.5. The maximum Gasteiger partial charge on any atom is 0.225 e. The first-order valence-corrected chi connectivity index (χ1v) is 10.3. The van der Waals surface area contributed by atoms with Crippen molar-refractivity contribution in [2.45, 2.75) is 46.1 Å². The molecule has 1 N–H and O–H groups in total. The summed E-state index contributed by atoms with van der Waals surface area (Å²) in [6.45, 7) is 7.86. The molecule has 1 aliphatic heterocycles. The minimum atomic E-state index is -0.241. The van der Waals surface area contributed by atoms with E-state index in [9.17, 15) is 9.18 Å². The molecule has 0 saturated carbocycles. The summed E-state index contributed by atoms with van der Waals surface area (Å²) >= 11 is 1.37. The van der Waals surface area contributed by atoms with Gasteiger partial charge in [-0.05, 0) is 43.4 Å². The van der Waals surface area contributed by atoms with Crippen LogP contribution in [0.15, 0.2) is 24.3 Å². The number of carbonyl (C=O) groups excluding carboxylic acids is 1. The number of carbonyl (C=O) groups is 1. The lowest BCUT2D eigenvalue weighted by molar-refractivity contribution is -0.126. The molecule has 1 amide bonds. The average molecular weight is 391 g/mol. The second-order valence-electron chi connectivity index (χ2n) is 7.62. The zero-order valence-electron chi connectivity index (χ0n) is 16.1. The number of hydrogen-bond acceptors (Lipinski definition) is 5. The number of rotatable bonds is 6. The minimum absolute atomic E-state index is 0.00982. The summed E-state index contributed by atoms with van der Waals surface area (Å²) in [5.74, 6) is 1.05. The van der Waals surface area contributed by atoms with Crippen LogP contribution < -0.4 is 10.2 Å². The van der Waals surface area contributed by atoms with E-state index in [1.54, 1.807) is 12.1 Å². The third-order valence-corrected chi connectivity index (χ3v) is 5.98. The maximum absolute atomic E-state index is 13.0. The molecule has 27 heavy (non-hydrogen) atoms. The first-order chi connectivity index (χ1) is 12.9. The van der Waals surface area contributed by atoms with Gasteiger partial charge in [-0.25, -0.2) is 9.37 Å². The lowest BCUT2D eigenvalue weighted by Gasteiger charge is -2.32. The number of amides is 1. The molecule has 2 heterocycles. The molecule has 3 rings (SSSR count). The second-order valence-corrected chi connectivity index (χ2v) is 8.35. The van der Waals surface area contributed by atoms with Crippen molar-refractivity contribution in [3.8, 4) is 0 Å². The van der Waals surface area contributed by atoms with Gasteiger partial charge >= 0.3 is 0 Å². The smallest absolute Gasteiger partial charge is 0.225 e. The van der Waals surface area contributed by atoms with Crippen LogP contribution in [0.4, 0.5) is 9.52 Å². The van der Waals surface area contributed by atoms with Crippen LogP contribution in [-0.2, 0) is 11.2 Å². The summed E-state index contributed by atoms with van der Waals surface area (Å²) in [6.07, 6.45) is 2.47. The van der Waals surface area contributed by atoms with E-state index < -0.39 is 0 Å². The SMILES string of the molecule is CC(C)[C@@H](C)NC(=O)[C@@H]1CCCN(c2nc(Cc3ccc(F)cc3)ns2)C1. The summed E-state index contributed by atoms with van der Waals surface area (Å²) in [6, 6.07) is 6.60. The Kier molecular flexibility index (Phi) is 6.42. The van der Waals surface area contributed by atoms with Gasteiger partial charge in [-0.1, -0.05) is 26.0 Å². The lowest BCUT2D eigenvalue weighted by Crippen LogP contribution is -2.46. The Bertz CT molecular complexity index is 762. The van der Waals surface area contributed by atoms with Crippen LogP contribution in [0.1, 0.15) is 45.0 Å². The van der Waals surface area contributed by atoms with Crippen molar-refractivity contribution >= 4 is 22.6 Å². The van der Waals surface area contributed by atoms with Crippen molar-refractivity contribution in [3.63, 3.8) is 0 Å². The van der Waals surface area contributed by atoms with E-state index in [0.29, 0.717) is 18.9 Å². The van der Waals surface area contributed by atoms with E-state index in [0.717, 1.165) is 35.9 Å².